The maximum atomic E-state index is 13.6. The number of hydrogen-bond acceptors (Lipinski definition) is 3. The number of thiocarbonyl (C=S) groups is 1. The van der Waals surface area contributed by atoms with Crippen molar-refractivity contribution in [3.05, 3.63) is 76.7 Å². The van der Waals surface area contributed by atoms with Crippen molar-refractivity contribution in [2.24, 2.45) is 0 Å². The number of aryl methyl sites for hydroxylation is 1. The Morgan fingerprint density at radius 1 is 1.13 bits per heavy atom. The Morgan fingerprint density at radius 3 is 2.50 bits per heavy atom. The Hall–Kier alpha value is -2.77. The van der Waals surface area contributed by atoms with Crippen molar-refractivity contribution in [3.63, 3.8) is 0 Å². The second kappa shape index (κ2) is 8.53. The van der Waals surface area contributed by atoms with Gasteiger partial charge in [-0.3, -0.25) is 9.69 Å². The summed E-state index contributed by atoms with van der Waals surface area (Å²) in [6.07, 6.45) is 0. The molecule has 156 valence electrons. The fourth-order valence-corrected chi connectivity index (χ4v) is 4.30. The third-order valence-corrected chi connectivity index (χ3v) is 5.78. The van der Waals surface area contributed by atoms with Gasteiger partial charge in [-0.25, -0.2) is 4.39 Å². The first-order valence-electron chi connectivity index (χ1n) is 9.96. The van der Waals surface area contributed by atoms with Gasteiger partial charge in [0.15, 0.2) is 5.11 Å². The molecule has 2 aromatic carbocycles. The number of ether oxygens (including phenoxy) is 1. The maximum absolute atomic E-state index is 13.6. The largest absolute Gasteiger partial charge is 0.378 e. The molecule has 0 spiro atoms. The number of halogens is 1. The zero-order valence-corrected chi connectivity index (χ0v) is 17.8. The molecule has 0 aliphatic carbocycles. The molecule has 0 aromatic heterocycles. The van der Waals surface area contributed by atoms with Crippen LogP contribution in [0.4, 0.5) is 10.1 Å². The molecule has 1 amide bonds. The van der Waals surface area contributed by atoms with Gasteiger partial charge in [0.1, 0.15) is 5.82 Å². The van der Waals surface area contributed by atoms with Gasteiger partial charge in [-0.1, -0.05) is 24.3 Å². The molecule has 4 rings (SSSR count). The Bertz CT molecular complexity index is 1000. The van der Waals surface area contributed by atoms with Crippen LogP contribution in [0.2, 0.25) is 0 Å². The summed E-state index contributed by atoms with van der Waals surface area (Å²) in [6, 6.07) is 13.7. The molecule has 1 N–H and O–H groups in total. The standard InChI is InChI=1S/C23H24FN3O2S/c1-15-4-3-5-19(14-15)27-16(2)20(22(28)26-10-12-29-13-11-26)21(25-23(27)30)17-6-8-18(24)9-7-17/h3-9,14,21H,10-13H2,1-2H3,(H,25,30). The molecular formula is C23H24FN3O2S. The number of morpholine rings is 1. The van der Waals surface area contributed by atoms with Crippen LogP contribution in [0.1, 0.15) is 24.1 Å². The molecule has 2 aromatic rings. The van der Waals surface area contributed by atoms with Gasteiger partial charge in [0.25, 0.3) is 5.91 Å². The molecule has 1 unspecified atom stereocenters. The maximum Gasteiger partial charge on any atom is 0.254 e. The van der Waals surface area contributed by atoms with E-state index in [1.54, 1.807) is 12.1 Å². The van der Waals surface area contributed by atoms with Gasteiger partial charge >= 0.3 is 0 Å². The number of rotatable bonds is 3. The Balaban J connectivity index is 1.82. The fourth-order valence-electron chi connectivity index (χ4n) is 3.94. The predicted molar refractivity (Wildman–Crippen MR) is 119 cm³/mol. The second-order valence-corrected chi connectivity index (χ2v) is 7.90. The summed E-state index contributed by atoms with van der Waals surface area (Å²) < 4.78 is 18.9. The van der Waals surface area contributed by atoms with Gasteiger partial charge in [-0.05, 0) is 61.5 Å². The highest BCUT2D eigenvalue weighted by molar-refractivity contribution is 7.80. The minimum atomic E-state index is -0.450. The van der Waals surface area contributed by atoms with E-state index in [2.05, 4.69) is 5.32 Å². The fraction of sp³-hybridized carbons (Fsp3) is 0.304. The van der Waals surface area contributed by atoms with Crippen LogP contribution in [-0.4, -0.2) is 42.2 Å². The van der Waals surface area contributed by atoms with Crippen molar-refractivity contribution >= 4 is 28.9 Å². The molecule has 1 atom stereocenters. The molecular weight excluding hydrogens is 401 g/mol. The van der Waals surface area contributed by atoms with E-state index < -0.39 is 6.04 Å². The average molecular weight is 426 g/mol. The number of carbonyl (C=O) groups is 1. The van der Waals surface area contributed by atoms with Gasteiger partial charge < -0.3 is 15.0 Å². The van der Waals surface area contributed by atoms with E-state index in [0.717, 1.165) is 22.5 Å². The van der Waals surface area contributed by atoms with E-state index in [1.807, 2.05) is 47.9 Å². The van der Waals surface area contributed by atoms with Crippen LogP contribution in [0.25, 0.3) is 0 Å². The highest BCUT2D eigenvalue weighted by Crippen LogP contribution is 2.35. The van der Waals surface area contributed by atoms with E-state index in [4.69, 9.17) is 17.0 Å². The van der Waals surface area contributed by atoms with E-state index in [9.17, 15) is 9.18 Å². The third-order valence-electron chi connectivity index (χ3n) is 5.48. The molecule has 0 radical (unpaired) electrons. The summed E-state index contributed by atoms with van der Waals surface area (Å²) >= 11 is 5.69. The minimum absolute atomic E-state index is 0.0576. The third kappa shape index (κ3) is 3.95. The van der Waals surface area contributed by atoms with Crippen LogP contribution in [0.15, 0.2) is 59.8 Å². The first-order valence-corrected chi connectivity index (χ1v) is 10.4. The number of anilines is 1. The molecule has 2 heterocycles. The highest BCUT2D eigenvalue weighted by Gasteiger charge is 2.36. The molecule has 0 saturated carbocycles. The van der Waals surface area contributed by atoms with Crippen LogP contribution in [0.3, 0.4) is 0 Å². The summed E-state index contributed by atoms with van der Waals surface area (Å²) in [5, 5.41) is 3.82. The predicted octanol–water partition coefficient (Wildman–Crippen LogP) is 3.70. The zero-order valence-electron chi connectivity index (χ0n) is 17.0. The second-order valence-electron chi connectivity index (χ2n) is 7.51. The van der Waals surface area contributed by atoms with Crippen molar-refractivity contribution in [3.8, 4) is 0 Å². The van der Waals surface area contributed by atoms with Gasteiger partial charge in [-0.15, -0.1) is 0 Å². The molecule has 2 aliphatic rings. The van der Waals surface area contributed by atoms with E-state index in [0.29, 0.717) is 37.0 Å². The lowest BCUT2D eigenvalue weighted by atomic mass is 9.93. The van der Waals surface area contributed by atoms with Gasteiger partial charge in [0, 0.05) is 24.5 Å². The van der Waals surface area contributed by atoms with Crippen molar-refractivity contribution in [1.82, 2.24) is 10.2 Å². The Labute approximate surface area is 181 Å². The number of carbonyl (C=O) groups excluding carboxylic acids is 1. The molecule has 5 nitrogen and oxygen atoms in total. The summed E-state index contributed by atoms with van der Waals surface area (Å²) in [7, 11) is 0. The summed E-state index contributed by atoms with van der Waals surface area (Å²) in [5.41, 5.74) is 4.17. The number of allylic oxidation sites excluding steroid dienone is 1. The molecule has 2 aliphatic heterocycles. The Morgan fingerprint density at radius 2 is 1.83 bits per heavy atom. The number of amides is 1. The molecule has 7 heteroatoms. The summed E-state index contributed by atoms with van der Waals surface area (Å²) in [6.45, 7) is 6.06. The first kappa shape index (κ1) is 20.5. The number of hydrogen-bond donors (Lipinski definition) is 1. The van der Waals surface area contributed by atoms with Gasteiger partial charge in [0.05, 0.1) is 24.8 Å². The van der Waals surface area contributed by atoms with E-state index in [-0.39, 0.29) is 11.7 Å². The Kier molecular flexibility index (Phi) is 5.83. The van der Waals surface area contributed by atoms with Crippen molar-refractivity contribution in [1.29, 1.82) is 0 Å². The average Bonchev–Trinajstić information content (AvgIpc) is 2.74. The zero-order chi connectivity index (χ0) is 21.3. The molecule has 1 saturated heterocycles. The highest BCUT2D eigenvalue weighted by atomic mass is 32.1. The summed E-state index contributed by atoms with van der Waals surface area (Å²) in [5.74, 6) is -0.377. The van der Waals surface area contributed by atoms with Gasteiger partial charge in [0.2, 0.25) is 0 Å². The van der Waals surface area contributed by atoms with Crippen molar-refractivity contribution in [2.45, 2.75) is 19.9 Å². The lowest BCUT2D eigenvalue weighted by molar-refractivity contribution is -0.131. The lowest BCUT2D eigenvalue weighted by Gasteiger charge is -2.40. The molecule has 30 heavy (non-hydrogen) atoms. The van der Waals surface area contributed by atoms with Gasteiger partial charge in [-0.2, -0.15) is 0 Å². The topological polar surface area (TPSA) is 44.8 Å². The van der Waals surface area contributed by atoms with Crippen molar-refractivity contribution in [2.75, 3.05) is 31.2 Å². The monoisotopic (exact) mass is 425 g/mol. The van der Waals surface area contributed by atoms with Crippen LogP contribution in [0, 0.1) is 12.7 Å². The lowest BCUT2D eigenvalue weighted by Crippen LogP contribution is -2.51. The molecule has 1 fully saturated rings. The van der Waals surface area contributed by atoms with Crippen molar-refractivity contribution < 1.29 is 13.9 Å². The first-order chi connectivity index (χ1) is 14.5. The number of nitrogens with zero attached hydrogens (tertiary/aromatic N) is 2. The number of nitrogens with one attached hydrogen (secondary N) is 1. The van der Waals surface area contributed by atoms with E-state index >= 15 is 0 Å². The SMILES string of the molecule is CC1=C(C(=O)N2CCOCC2)C(c2ccc(F)cc2)NC(=S)N1c1cccc(C)c1. The van der Waals surface area contributed by atoms with Crippen LogP contribution >= 0.6 is 12.2 Å². The van der Waals surface area contributed by atoms with Crippen LogP contribution in [-0.2, 0) is 9.53 Å². The summed E-state index contributed by atoms with van der Waals surface area (Å²) in [4.78, 5) is 17.3. The van der Waals surface area contributed by atoms with Crippen LogP contribution in [0.5, 0.6) is 0 Å². The smallest absolute Gasteiger partial charge is 0.254 e. The minimum Gasteiger partial charge on any atom is -0.378 e. The van der Waals surface area contributed by atoms with E-state index in [1.165, 1.54) is 12.1 Å². The quantitative estimate of drug-likeness (QED) is 0.760. The molecule has 0 bridgehead atoms. The van der Waals surface area contributed by atoms with Crippen LogP contribution < -0.4 is 10.2 Å². The number of benzene rings is 2. The normalized spacial score (nSPS) is 19.7.